The number of hydrogen-bond donors (Lipinski definition) is 0. The first-order chi connectivity index (χ1) is 8.75. The maximum atomic E-state index is 4.55. The number of fused-ring (bicyclic) bond motifs is 1. The fraction of sp³-hybridized carbons (Fsp3) is 0.500. The molecule has 0 spiro atoms. The van der Waals surface area contributed by atoms with Crippen molar-refractivity contribution >= 4 is 0 Å². The third kappa shape index (κ3) is 1.92. The van der Waals surface area contributed by atoms with Crippen molar-refractivity contribution in [3.05, 3.63) is 35.0 Å². The van der Waals surface area contributed by atoms with Crippen LogP contribution in [0, 0.1) is 13.8 Å². The lowest BCUT2D eigenvalue weighted by molar-refractivity contribution is 0.706. The molecule has 3 rings (SSSR count). The molecule has 0 fully saturated rings. The van der Waals surface area contributed by atoms with Gasteiger partial charge in [-0.3, -0.25) is 0 Å². The van der Waals surface area contributed by atoms with E-state index >= 15 is 0 Å². The van der Waals surface area contributed by atoms with Crippen LogP contribution in [-0.2, 0) is 12.8 Å². The molecular weight excluding hydrogens is 224 g/mol. The van der Waals surface area contributed by atoms with Crippen LogP contribution in [0.2, 0.25) is 0 Å². The maximum absolute atomic E-state index is 4.55. The van der Waals surface area contributed by atoms with Gasteiger partial charge in [0, 0.05) is 17.0 Å². The fourth-order valence-electron chi connectivity index (χ4n) is 2.71. The zero-order valence-corrected chi connectivity index (χ0v) is 11.0. The van der Waals surface area contributed by atoms with Crippen molar-refractivity contribution in [1.82, 2.24) is 19.7 Å². The molecule has 0 unspecified atom stereocenters. The highest BCUT2D eigenvalue weighted by Crippen LogP contribution is 2.23. The van der Waals surface area contributed by atoms with Crippen LogP contribution >= 0.6 is 0 Å². The van der Waals surface area contributed by atoms with Gasteiger partial charge in [-0.2, -0.15) is 5.10 Å². The summed E-state index contributed by atoms with van der Waals surface area (Å²) in [5.41, 5.74) is 4.68. The average Bonchev–Trinajstić information content (AvgIpc) is 2.58. The van der Waals surface area contributed by atoms with Gasteiger partial charge >= 0.3 is 0 Å². The van der Waals surface area contributed by atoms with Gasteiger partial charge in [0.15, 0.2) is 5.82 Å². The molecule has 4 heteroatoms. The predicted octanol–water partition coefficient (Wildman–Crippen LogP) is 2.55. The Kier molecular flexibility index (Phi) is 2.86. The molecule has 2 aromatic rings. The van der Waals surface area contributed by atoms with E-state index in [0.717, 1.165) is 30.0 Å². The molecule has 0 aromatic carbocycles. The van der Waals surface area contributed by atoms with Crippen molar-refractivity contribution in [1.29, 1.82) is 0 Å². The normalized spacial score (nSPS) is 15.2. The highest BCUT2D eigenvalue weighted by Gasteiger charge is 2.17. The first kappa shape index (κ1) is 11.4. The molecule has 4 nitrogen and oxygen atoms in total. The van der Waals surface area contributed by atoms with E-state index in [4.69, 9.17) is 0 Å². The molecule has 0 atom stereocenters. The summed E-state index contributed by atoms with van der Waals surface area (Å²) in [7, 11) is 0. The van der Waals surface area contributed by atoms with Crippen molar-refractivity contribution in [2.24, 2.45) is 0 Å². The first-order valence-corrected chi connectivity index (χ1v) is 6.62. The van der Waals surface area contributed by atoms with Gasteiger partial charge in [-0.1, -0.05) is 6.42 Å². The third-order valence-electron chi connectivity index (χ3n) is 3.56. The molecule has 18 heavy (non-hydrogen) atoms. The number of nitrogens with zero attached hydrogens (tertiary/aromatic N) is 4. The van der Waals surface area contributed by atoms with Gasteiger partial charge < -0.3 is 0 Å². The summed E-state index contributed by atoms with van der Waals surface area (Å²) >= 11 is 0. The van der Waals surface area contributed by atoms with Gasteiger partial charge in [0.25, 0.3) is 0 Å². The SMILES string of the molecule is Cc1cc(C)n(-c2ncnc3c2CCCCC3)n1. The zero-order chi connectivity index (χ0) is 12.5. The molecular formula is C14H18N4. The highest BCUT2D eigenvalue weighted by atomic mass is 15.3. The molecule has 0 saturated carbocycles. The van der Waals surface area contributed by atoms with Crippen molar-refractivity contribution < 1.29 is 0 Å². The van der Waals surface area contributed by atoms with Gasteiger partial charge in [-0.05, 0) is 45.6 Å². The molecule has 0 bridgehead atoms. The molecule has 0 amide bonds. The number of aryl methyl sites for hydroxylation is 3. The summed E-state index contributed by atoms with van der Waals surface area (Å²) in [6.07, 6.45) is 7.57. The van der Waals surface area contributed by atoms with E-state index in [1.165, 1.54) is 30.5 Å². The number of rotatable bonds is 1. The summed E-state index contributed by atoms with van der Waals surface area (Å²) in [5, 5.41) is 4.55. The average molecular weight is 242 g/mol. The van der Waals surface area contributed by atoms with E-state index in [2.05, 4.69) is 28.1 Å². The van der Waals surface area contributed by atoms with E-state index in [-0.39, 0.29) is 0 Å². The Balaban J connectivity index is 2.15. The minimum absolute atomic E-state index is 0.979. The lowest BCUT2D eigenvalue weighted by Crippen LogP contribution is -2.09. The molecule has 2 heterocycles. The van der Waals surface area contributed by atoms with Gasteiger partial charge in [-0.15, -0.1) is 0 Å². The minimum Gasteiger partial charge on any atom is -0.241 e. The molecule has 0 radical (unpaired) electrons. The van der Waals surface area contributed by atoms with Crippen LogP contribution in [-0.4, -0.2) is 19.7 Å². The number of aromatic nitrogens is 4. The second kappa shape index (κ2) is 4.52. The third-order valence-corrected chi connectivity index (χ3v) is 3.56. The minimum atomic E-state index is 0.979. The Labute approximate surface area is 107 Å². The van der Waals surface area contributed by atoms with E-state index in [9.17, 15) is 0 Å². The Hall–Kier alpha value is -1.71. The monoisotopic (exact) mass is 242 g/mol. The van der Waals surface area contributed by atoms with Crippen LogP contribution in [0.1, 0.15) is 41.9 Å². The largest absolute Gasteiger partial charge is 0.241 e. The van der Waals surface area contributed by atoms with Crippen LogP contribution in [0.15, 0.2) is 12.4 Å². The fourth-order valence-corrected chi connectivity index (χ4v) is 2.71. The molecule has 0 saturated heterocycles. The van der Waals surface area contributed by atoms with E-state index in [0.29, 0.717) is 0 Å². The summed E-state index contributed by atoms with van der Waals surface area (Å²) < 4.78 is 1.96. The topological polar surface area (TPSA) is 43.6 Å². The van der Waals surface area contributed by atoms with Crippen LogP contribution in [0.3, 0.4) is 0 Å². The molecule has 1 aliphatic rings. The lowest BCUT2D eigenvalue weighted by atomic mass is 10.1. The Morgan fingerprint density at radius 3 is 2.67 bits per heavy atom. The molecule has 0 N–H and O–H groups in total. The van der Waals surface area contributed by atoms with Crippen LogP contribution in [0.5, 0.6) is 0 Å². The summed E-state index contributed by atoms with van der Waals surface area (Å²) in [6.45, 7) is 4.09. The van der Waals surface area contributed by atoms with Crippen LogP contribution in [0.4, 0.5) is 0 Å². The van der Waals surface area contributed by atoms with Gasteiger partial charge in [0.2, 0.25) is 0 Å². The number of hydrogen-bond acceptors (Lipinski definition) is 3. The standard InChI is InChI=1S/C14H18N4/c1-10-8-11(2)18(17-10)14-12-6-4-3-5-7-13(12)15-9-16-14/h8-9H,3-7H2,1-2H3. The zero-order valence-electron chi connectivity index (χ0n) is 11.0. The van der Waals surface area contributed by atoms with Gasteiger partial charge in [-0.25, -0.2) is 14.6 Å². The second-order valence-electron chi connectivity index (χ2n) is 5.02. The molecule has 0 aliphatic heterocycles. The summed E-state index contributed by atoms with van der Waals surface area (Å²) in [5.74, 6) is 0.979. The summed E-state index contributed by atoms with van der Waals surface area (Å²) in [6, 6.07) is 2.09. The van der Waals surface area contributed by atoms with E-state index < -0.39 is 0 Å². The van der Waals surface area contributed by atoms with Crippen LogP contribution < -0.4 is 0 Å². The maximum Gasteiger partial charge on any atom is 0.160 e. The van der Waals surface area contributed by atoms with E-state index in [1.54, 1.807) is 6.33 Å². The quantitative estimate of drug-likeness (QED) is 0.722. The van der Waals surface area contributed by atoms with Crippen molar-refractivity contribution in [3.63, 3.8) is 0 Å². The van der Waals surface area contributed by atoms with E-state index in [1.807, 2.05) is 11.6 Å². The van der Waals surface area contributed by atoms with Crippen molar-refractivity contribution in [3.8, 4) is 5.82 Å². The first-order valence-electron chi connectivity index (χ1n) is 6.62. The summed E-state index contributed by atoms with van der Waals surface area (Å²) in [4.78, 5) is 8.92. The molecule has 2 aromatic heterocycles. The van der Waals surface area contributed by atoms with Crippen LogP contribution in [0.25, 0.3) is 5.82 Å². The van der Waals surface area contributed by atoms with Gasteiger partial charge in [0.05, 0.1) is 5.69 Å². The molecule has 94 valence electrons. The van der Waals surface area contributed by atoms with Crippen molar-refractivity contribution in [2.75, 3.05) is 0 Å². The highest BCUT2D eigenvalue weighted by molar-refractivity contribution is 5.38. The predicted molar refractivity (Wildman–Crippen MR) is 69.9 cm³/mol. The second-order valence-corrected chi connectivity index (χ2v) is 5.02. The lowest BCUT2D eigenvalue weighted by Gasteiger charge is -2.11. The Morgan fingerprint density at radius 2 is 1.89 bits per heavy atom. The Morgan fingerprint density at radius 1 is 1.06 bits per heavy atom. The Bertz CT molecular complexity index is 571. The molecule has 1 aliphatic carbocycles. The van der Waals surface area contributed by atoms with Crippen molar-refractivity contribution in [2.45, 2.75) is 46.0 Å². The van der Waals surface area contributed by atoms with Gasteiger partial charge in [0.1, 0.15) is 6.33 Å². The smallest absolute Gasteiger partial charge is 0.160 e.